The third-order valence-corrected chi connectivity index (χ3v) is 3.20. The molecule has 0 saturated heterocycles. The fourth-order valence-corrected chi connectivity index (χ4v) is 2.26. The number of benzene rings is 2. The number of amides is 1. The summed E-state index contributed by atoms with van der Waals surface area (Å²) >= 11 is 11.6. The Morgan fingerprint density at radius 1 is 1.04 bits per heavy atom. The fraction of sp³-hybridized carbons (Fsp3) is 0.0625. The van der Waals surface area contributed by atoms with E-state index in [4.69, 9.17) is 27.9 Å². The summed E-state index contributed by atoms with van der Waals surface area (Å²) in [5.74, 6) is -1.19. The molecule has 0 aliphatic carbocycles. The van der Waals surface area contributed by atoms with Gasteiger partial charge in [-0.25, -0.2) is 4.79 Å². The molecule has 0 atom stereocenters. The van der Waals surface area contributed by atoms with Gasteiger partial charge in [0.1, 0.15) is 6.29 Å². The second-order valence-corrected chi connectivity index (χ2v) is 5.40. The lowest BCUT2D eigenvalue weighted by Gasteiger charge is -2.07. The van der Waals surface area contributed by atoms with E-state index in [-0.39, 0.29) is 5.56 Å². The molecule has 5 nitrogen and oxygen atoms in total. The first-order chi connectivity index (χ1) is 11.0. The maximum Gasteiger partial charge on any atom is 0.338 e. The van der Waals surface area contributed by atoms with Crippen LogP contribution in [0.5, 0.6) is 0 Å². The van der Waals surface area contributed by atoms with Crippen molar-refractivity contribution < 1.29 is 19.1 Å². The van der Waals surface area contributed by atoms with Gasteiger partial charge in [0, 0.05) is 21.3 Å². The molecular weight excluding hydrogens is 341 g/mol. The summed E-state index contributed by atoms with van der Waals surface area (Å²) in [7, 11) is 0. The average molecular weight is 352 g/mol. The minimum atomic E-state index is -0.665. The lowest BCUT2D eigenvalue weighted by atomic mass is 10.1. The van der Waals surface area contributed by atoms with Crippen LogP contribution in [-0.4, -0.2) is 24.8 Å². The van der Waals surface area contributed by atoms with Gasteiger partial charge in [0.2, 0.25) is 0 Å². The molecule has 2 rings (SSSR count). The van der Waals surface area contributed by atoms with Crippen LogP contribution in [0.1, 0.15) is 20.7 Å². The molecule has 118 valence electrons. The van der Waals surface area contributed by atoms with Gasteiger partial charge < -0.3 is 10.1 Å². The highest BCUT2D eigenvalue weighted by molar-refractivity contribution is 6.35. The molecule has 0 aliphatic heterocycles. The second-order valence-electron chi connectivity index (χ2n) is 4.52. The van der Waals surface area contributed by atoms with Crippen molar-refractivity contribution in [2.24, 2.45) is 0 Å². The third kappa shape index (κ3) is 5.09. The van der Waals surface area contributed by atoms with Crippen LogP contribution in [0.25, 0.3) is 0 Å². The average Bonchev–Trinajstić information content (AvgIpc) is 2.51. The Bertz CT molecular complexity index is 724. The SMILES string of the molecule is O=Cc1ccc(C(=O)OCC(=O)Nc2cc(Cl)cc(Cl)c2)cc1. The van der Waals surface area contributed by atoms with Gasteiger partial charge in [0.05, 0.1) is 5.56 Å². The van der Waals surface area contributed by atoms with Crippen LogP contribution in [0.4, 0.5) is 5.69 Å². The second kappa shape index (κ2) is 7.76. The van der Waals surface area contributed by atoms with E-state index < -0.39 is 18.5 Å². The van der Waals surface area contributed by atoms with E-state index in [1.54, 1.807) is 0 Å². The van der Waals surface area contributed by atoms with Gasteiger partial charge in [0.25, 0.3) is 5.91 Å². The van der Waals surface area contributed by atoms with E-state index in [9.17, 15) is 14.4 Å². The zero-order chi connectivity index (χ0) is 16.8. The Morgan fingerprint density at radius 2 is 1.65 bits per heavy atom. The van der Waals surface area contributed by atoms with E-state index in [1.807, 2.05) is 0 Å². The summed E-state index contributed by atoms with van der Waals surface area (Å²) in [6.45, 7) is -0.460. The molecule has 0 aliphatic rings. The maximum atomic E-state index is 11.8. The normalized spacial score (nSPS) is 10.0. The summed E-state index contributed by atoms with van der Waals surface area (Å²) in [6, 6.07) is 10.4. The van der Waals surface area contributed by atoms with Crippen LogP contribution >= 0.6 is 23.2 Å². The molecule has 0 fully saturated rings. The van der Waals surface area contributed by atoms with Crippen molar-refractivity contribution >= 4 is 47.1 Å². The van der Waals surface area contributed by atoms with E-state index in [0.29, 0.717) is 27.6 Å². The number of carbonyl (C=O) groups excluding carboxylic acids is 3. The Kier molecular flexibility index (Phi) is 5.73. The predicted molar refractivity (Wildman–Crippen MR) is 87.2 cm³/mol. The minimum absolute atomic E-state index is 0.245. The summed E-state index contributed by atoms with van der Waals surface area (Å²) in [4.78, 5) is 34.1. The Hall–Kier alpha value is -2.37. The Morgan fingerprint density at radius 3 is 2.22 bits per heavy atom. The van der Waals surface area contributed by atoms with Gasteiger partial charge in [-0.3, -0.25) is 9.59 Å². The number of rotatable bonds is 5. The maximum absolute atomic E-state index is 11.8. The van der Waals surface area contributed by atoms with Gasteiger partial charge in [0.15, 0.2) is 6.61 Å². The van der Waals surface area contributed by atoms with E-state index in [1.165, 1.54) is 42.5 Å². The first-order valence-electron chi connectivity index (χ1n) is 6.46. The zero-order valence-corrected chi connectivity index (χ0v) is 13.2. The van der Waals surface area contributed by atoms with Crippen molar-refractivity contribution in [2.75, 3.05) is 11.9 Å². The molecule has 0 radical (unpaired) electrons. The molecule has 0 aromatic heterocycles. The molecule has 1 N–H and O–H groups in total. The monoisotopic (exact) mass is 351 g/mol. The predicted octanol–water partition coefficient (Wildman–Crippen LogP) is 3.60. The molecule has 0 spiro atoms. The van der Waals surface area contributed by atoms with E-state index >= 15 is 0 Å². The van der Waals surface area contributed by atoms with Crippen molar-refractivity contribution in [3.8, 4) is 0 Å². The first-order valence-corrected chi connectivity index (χ1v) is 7.22. The summed E-state index contributed by atoms with van der Waals surface area (Å²) in [6.07, 6.45) is 0.665. The molecule has 2 aromatic rings. The lowest BCUT2D eigenvalue weighted by molar-refractivity contribution is -0.119. The van der Waals surface area contributed by atoms with Crippen LogP contribution in [0, 0.1) is 0 Å². The number of hydrogen-bond acceptors (Lipinski definition) is 4. The molecule has 1 amide bonds. The molecular formula is C16H11Cl2NO4. The Labute approximate surface area is 142 Å². The van der Waals surface area contributed by atoms with E-state index in [2.05, 4.69) is 5.32 Å². The molecule has 0 bridgehead atoms. The number of nitrogens with one attached hydrogen (secondary N) is 1. The smallest absolute Gasteiger partial charge is 0.338 e. The first kappa shape index (κ1) is 17.0. The lowest BCUT2D eigenvalue weighted by Crippen LogP contribution is -2.20. The largest absolute Gasteiger partial charge is 0.452 e. The van der Waals surface area contributed by atoms with Crippen LogP contribution in [0.15, 0.2) is 42.5 Å². The number of anilines is 1. The number of ether oxygens (including phenoxy) is 1. The van der Waals surface area contributed by atoms with Gasteiger partial charge in [-0.05, 0) is 30.3 Å². The zero-order valence-electron chi connectivity index (χ0n) is 11.7. The molecule has 23 heavy (non-hydrogen) atoms. The summed E-state index contributed by atoms with van der Waals surface area (Å²) in [5.41, 5.74) is 1.09. The van der Waals surface area contributed by atoms with Crippen molar-refractivity contribution in [3.63, 3.8) is 0 Å². The topological polar surface area (TPSA) is 72.5 Å². The van der Waals surface area contributed by atoms with Crippen molar-refractivity contribution in [1.82, 2.24) is 0 Å². The number of aldehydes is 1. The highest BCUT2D eigenvalue weighted by Crippen LogP contribution is 2.22. The van der Waals surface area contributed by atoms with Crippen molar-refractivity contribution in [1.29, 1.82) is 0 Å². The van der Waals surface area contributed by atoms with Crippen LogP contribution in [0.3, 0.4) is 0 Å². The molecule has 0 heterocycles. The van der Waals surface area contributed by atoms with Crippen LogP contribution < -0.4 is 5.32 Å². The van der Waals surface area contributed by atoms with E-state index in [0.717, 1.165) is 0 Å². The van der Waals surface area contributed by atoms with Gasteiger partial charge in [-0.1, -0.05) is 35.3 Å². The number of esters is 1. The molecule has 0 saturated carbocycles. The van der Waals surface area contributed by atoms with Crippen LogP contribution in [-0.2, 0) is 9.53 Å². The summed E-state index contributed by atoms with van der Waals surface area (Å²) in [5, 5.41) is 3.27. The molecule has 2 aromatic carbocycles. The van der Waals surface area contributed by atoms with Crippen LogP contribution in [0.2, 0.25) is 10.0 Å². The van der Waals surface area contributed by atoms with Gasteiger partial charge in [-0.2, -0.15) is 0 Å². The number of hydrogen-bond donors (Lipinski definition) is 1. The molecule has 7 heteroatoms. The Balaban J connectivity index is 1.90. The highest BCUT2D eigenvalue weighted by atomic mass is 35.5. The third-order valence-electron chi connectivity index (χ3n) is 2.76. The minimum Gasteiger partial charge on any atom is -0.452 e. The van der Waals surface area contributed by atoms with Gasteiger partial charge >= 0.3 is 5.97 Å². The fourth-order valence-electron chi connectivity index (χ4n) is 1.74. The summed E-state index contributed by atoms with van der Waals surface area (Å²) < 4.78 is 4.89. The van der Waals surface area contributed by atoms with Crippen molar-refractivity contribution in [3.05, 3.63) is 63.6 Å². The number of carbonyl (C=O) groups is 3. The van der Waals surface area contributed by atoms with Crippen molar-refractivity contribution in [2.45, 2.75) is 0 Å². The highest BCUT2D eigenvalue weighted by Gasteiger charge is 2.11. The number of halogens is 2. The standard InChI is InChI=1S/C16H11Cl2NO4/c17-12-5-13(18)7-14(6-12)19-15(21)9-23-16(22)11-3-1-10(8-20)2-4-11/h1-8H,9H2,(H,19,21). The van der Waals surface area contributed by atoms with Gasteiger partial charge in [-0.15, -0.1) is 0 Å². The molecule has 0 unspecified atom stereocenters. The quantitative estimate of drug-likeness (QED) is 0.659.